The molecule has 0 aromatic carbocycles. The SMILES string of the molecule is CC1(C(=O)NN)N=CC(C(=O)NN)=N1. The van der Waals surface area contributed by atoms with Gasteiger partial charge in [-0.3, -0.25) is 25.4 Å². The molecule has 1 rings (SSSR count). The van der Waals surface area contributed by atoms with E-state index in [4.69, 9.17) is 11.7 Å². The normalized spacial score (nSPS) is 24.4. The lowest BCUT2D eigenvalue weighted by molar-refractivity contribution is -0.125. The van der Waals surface area contributed by atoms with Gasteiger partial charge in [0.15, 0.2) is 0 Å². The predicted molar refractivity (Wildman–Crippen MR) is 49.0 cm³/mol. The van der Waals surface area contributed by atoms with Crippen LogP contribution in [0, 0.1) is 0 Å². The van der Waals surface area contributed by atoms with Crippen molar-refractivity contribution < 1.29 is 9.59 Å². The van der Waals surface area contributed by atoms with Crippen LogP contribution in [0.1, 0.15) is 6.92 Å². The molecule has 1 aliphatic rings. The molecule has 0 saturated carbocycles. The molecular weight excluding hydrogens is 188 g/mol. The molecule has 14 heavy (non-hydrogen) atoms. The molecule has 6 N–H and O–H groups in total. The van der Waals surface area contributed by atoms with E-state index >= 15 is 0 Å². The van der Waals surface area contributed by atoms with Crippen LogP contribution in [0.3, 0.4) is 0 Å². The summed E-state index contributed by atoms with van der Waals surface area (Å²) in [6.07, 6.45) is 1.16. The van der Waals surface area contributed by atoms with Crippen molar-refractivity contribution in [3.05, 3.63) is 0 Å². The number of rotatable bonds is 2. The summed E-state index contributed by atoms with van der Waals surface area (Å²) in [6.45, 7) is 1.42. The van der Waals surface area contributed by atoms with Gasteiger partial charge in [-0.2, -0.15) is 0 Å². The number of hydrazine groups is 2. The molecular formula is C6H10N6O2. The molecule has 0 aromatic rings. The molecule has 0 aromatic heterocycles. The Kier molecular flexibility index (Phi) is 2.58. The molecule has 0 radical (unpaired) electrons. The van der Waals surface area contributed by atoms with Gasteiger partial charge in [0.1, 0.15) is 5.71 Å². The zero-order valence-corrected chi connectivity index (χ0v) is 7.44. The number of hydrogen-bond donors (Lipinski definition) is 4. The number of carbonyl (C=O) groups excluding carboxylic acids is 2. The second kappa shape index (κ2) is 3.52. The van der Waals surface area contributed by atoms with Crippen molar-refractivity contribution >= 4 is 23.7 Å². The van der Waals surface area contributed by atoms with Gasteiger partial charge < -0.3 is 0 Å². The maximum absolute atomic E-state index is 11.2. The second-order valence-electron chi connectivity index (χ2n) is 2.72. The number of nitrogens with zero attached hydrogens (tertiary/aromatic N) is 2. The van der Waals surface area contributed by atoms with Crippen LogP contribution >= 0.6 is 0 Å². The van der Waals surface area contributed by atoms with Gasteiger partial charge in [0, 0.05) is 0 Å². The minimum absolute atomic E-state index is 0.0152. The van der Waals surface area contributed by atoms with Crippen LogP contribution < -0.4 is 22.5 Å². The van der Waals surface area contributed by atoms with E-state index in [1.807, 2.05) is 10.9 Å². The van der Waals surface area contributed by atoms with E-state index < -0.39 is 17.5 Å². The molecule has 0 fully saturated rings. The van der Waals surface area contributed by atoms with Crippen molar-refractivity contribution in [2.24, 2.45) is 21.7 Å². The van der Waals surface area contributed by atoms with Crippen LogP contribution in [0.15, 0.2) is 9.98 Å². The third-order valence-corrected chi connectivity index (χ3v) is 1.70. The standard InChI is InChI=1S/C6H10N6O2/c1-6(5(14)12-8)9-2-3(10-6)4(13)11-7/h2H,7-8H2,1H3,(H,11,13)(H,12,14). The van der Waals surface area contributed by atoms with Gasteiger partial charge in [-0.15, -0.1) is 0 Å². The number of aliphatic imine (C=N–C) groups is 2. The summed E-state index contributed by atoms with van der Waals surface area (Å²) in [6, 6.07) is 0. The average Bonchev–Trinajstić information content (AvgIpc) is 2.60. The van der Waals surface area contributed by atoms with Crippen LogP contribution in [0.25, 0.3) is 0 Å². The first-order chi connectivity index (χ1) is 6.53. The van der Waals surface area contributed by atoms with Gasteiger partial charge in [0.05, 0.1) is 6.21 Å². The highest BCUT2D eigenvalue weighted by molar-refractivity contribution is 6.61. The molecule has 0 spiro atoms. The van der Waals surface area contributed by atoms with Crippen LogP contribution in [0.5, 0.6) is 0 Å². The molecule has 1 heterocycles. The van der Waals surface area contributed by atoms with E-state index in [-0.39, 0.29) is 5.71 Å². The van der Waals surface area contributed by atoms with Gasteiger partial charge >= 0.3 is 0 Å². The number of amides is 2. The highest BCUT2D eigenvalue weighted by atomic mass is 16.2. The summed E-state index contributed by atoms with van der Waals surface area (Å²) >= 11 is 0. The summed E-state index contributed by atoms with van der Waals surface area (Å²) < 4.78 is 0. The van der Waals surface area contributed by atoms with Crippen LogP contribution in [-0.4, -0.2) is 29.4 Å². The first-order valence-corrected chi connectivity index (χ1v) is 3.70. The summed E-state index contributed by atoms with van der Waals surface area (Å²) in [7, 11) is 0. The molecule has 8 nitrogen and oxygen atoms in total. The van der Waals surface area contributed by atoms with Gasteiger partial charge in [-0.1, -0.05) is 0 Å². The van der Waals surface area contributed by atoms with Crippen LogP contribution in [0.4, 0.5) is 0 Å². The molecule has 0 bridgehead atoms. The van der Waals surface area contributed by atoms with Gasteiger partial charge in [-0.05, 0) is 6.92 Å². The number of carbonyl (C=O) groups is 2. The van der Waals surface area contributed by atoms with Crippen molar-refractivity contribution in [1.82, 2.24) is 10.9 Å². The zero-order valence-electron chi connectivity index (χ0n) is 7.44. The lowest BCUT2D eigenvalue weighted by atomic mass is 10.2. The Bertz CT molecular complexity index is 335. The average molecular weight is 198 g/mol. The largest absolute Gasteiger partial charge is 0.290 e. The Labute approximate surface area is 79.4 Å². The Hall–Kier alpha value is -1.80. The van der Waals surface area contributed by atoms with Crippen molar-refractivity contribution in [2.75, 3.05) is 0 Å². The maximum Gasteiger partial charge on any atom is 0.285 e. The van der Waals surface area contributed by atoms with Crippen molar-refractivity contribution in [3.8, 4) is 0 Å². The topological polar surface area (TPSA) is 135 Å². The number of nitrogens with two attached hydrogens (primary N) is 2. The first-order valence-electron chi connectivity index (χ1n) is 3.70. The van der Waals surface area contributed by atoms with Gasteiger partial charge in [0.25, 0.3) is 11.8 Å². The molecule has 76 valence electrons. The van der Waals surface area contributed by atoms with E-state index in [1.54, 1.807) is 0 Å². The minimum atomic E-state index is -1.38. The summed E-state index contributed by atoms with van der Waals surface area (Å²) in [4.78, 5) is 29.7. The van der Waals surface area contributed by atoms with E-state index in [1.165, 1.54) is 6.92 Å². The fraction of sp³-hybridized carbons (Fsp3) is 0.333. The minimum Gasteiger partial charge on any atom is -0.290 e. The van der Waals surface area contributed by atoms with Crippen molar-refractivity contribution in [2.45, 2.75) is 12.6 Å². The summed E-state index contributed by atoms with van der Waals surface area (Å²) in [5.41, 5.74) is 2.39. The molecule has 1 aliphatic heterocycles. The Balaban J connectivity index is 2.91. The molecule has 0 aliphatic carbocycles. The van der Waals surface area contributed by atoms with E-state index in [2.05, 4.69) is 9.98 Å². The first kappa shape index (κ1) is 10.3. The van der Waals surface area contributed by atoms with Crippen LogP contribution in [-0.2, 0) is 9.59 Å². The number of nitrogens with one attached hydrogen (secondary N) is 2. The van der Waals surface area contributed by atoms with Gasteiger partial charge in [-0.25, -0.2) is 16.7 Å². The number of hydrogen-bond acceptors (Lipinski definition) is 6. The Morgan fingerprint density at radius 2 is 2.07 bits per heavy atom. The molecule has 1 unspecified atom stereocenters. The van der Waals surface area contributed by atoms with Gasteiger partial charge in [0.2, 0.25) is 5.66 Å². The van der Waals surface area contributed by atoms with E-state index in [0.717, 1.165) is 6.21 Å². The van der Waals surface area contributed by atoms with Crippen molar-refractivity contribution in [3.63, 3.8) is 0 Å². The predicted octanol–water partition coefficient (Wildman–Crippen LogP) is -2.79. The molecule has 8 heteroatoms. The molecule has 2 amide bonds. The lowest BCUT2D eigenvalue weighted by Crippen LogP contribution is -2.44. The fourth-order valence-electron chi connectivity index (χ4n) is 0.909. The summed E-state index contributed by atoms with van der Waals surface area (Å²) in [5, 5.41) is 0. The van der Waals surface area contributed by atoms with E-state index in [0.29, 0.717) is 0 Å². The second-order valence-corrected chi connectivity index (χ2v) is 2.72. The summed E-state index contributed by atoms with van der Waals surface area (Å²) in [5.74, 6) is 8.59. The van der Waals surface area contributed by atoms with E-state index in [9.17, 15) is 9.59 Å². The lowest BCUT2D eigenvalue weighted by Gasteiger charge is -2.13. The quantitative estimate of drug-likeness (QED) is 0.216. The van der Waals surface area contributed by atoms with Crippen molar-refractivity contribution in [1.29, 1.82) is 0 Å². The zero-order chi connectivity index (χ0) is 10.8. The fourth-order valence-corrected chi connectivity index (χ4v) is 0.909. The Morgan fingerprint density at radius 3 is 2.57 bits per heavy atom. The highest BCUT2D eigenvalue weighted by Gasteiger charge is 2.36. The monoisotopic (exact) mass is 198 g/mol. The third-order valence-electron chi connectivity index (χ3n) is 1.70. The maximum atomic E-state index is 11.2. The highest BCUT2D eigenvalue weighted by Crippen LogP contribution is 2.16. The Morgan fingerprint density at radius 1 is 1.43 bits per heavy atom. The van der Waals surface area contributed by atoms with Crippen LogP contribution in [0.2, 0.25) is 0 Å². The third kappa shape index (κ3) is 1.60. The smallest absolute Gasteiger partial charge is 0.285 e. The molecule has 1 atom stereocenters. The molecule has 0 saturated heterocycles.